The normalized spacial score (nSPS) is 18.3. The number of fused-ring (bicyclic) bond motifs is 2. The number of nitrogens with zero attached hydrogens (tertiary/aromatic N) is 2. The Kier molecular flexibility index (Phi) is 9.11. The lowest BCUT2D eigenvalue weighted by Gasteiger charge is -2.44. The third-order valence-corrected chi connectivity index (χ3v) is 8.33. The van der Waals surface area contributed by atoms with Crippen LogP contribution in [0.3, 0.4) is 0 Å². The summed E-state index contributed by atoms with van der Waals surface area (Å²) in [6.07, 6.45) is 2.19. The van der Waals surface area contributed by atoms with Gasteiger partial charge in [-0.25, -0.2) is 0 Å². The second-order valence-corrected chi connectivity index (χ2v) is 11.5. The number of hydrogen-bond donors (Lipinski definition) is 1. The number of likely N-dealkylation sites (N-methyl/N-ethyl adjacent to an activating group) is 1. The van der Waals surface area contributed by atoms with E-state index in [4.69, 9.17) is 16.3 Å². The van der Waals surface area contributed by atoms with Gasteiger partial charge in [-0.3, -0.25) is 9.59 Å². The number of amides is 2. The first kappa shape index (κ1) is 28.9. The van der Waals surface area contributed by atoms with Crippen LogP contribution in [0.5, 0.6) is 5.75 Å². The third kappa shape index (κ3) is 7.00. The van der Waals surface area contributed by atoms with Crippen molar-refractivity contribution < 1.29 is 14.3 Å². The molecule has 5 rings (SSSR count). The zero-order chi connectivity index (χ0) is 28.9. The van der Waals surface area contributed by atoms with E-state index in [0.29, 0.717) is 43.4 Å². The van der Waals surface area contributed by atoms with Crippen LogP contribution in [0.4, 0.5) is 0 Å². The molecule has 1 fully saturated rings. The van der Waals surface area contributed by atoms with Gasteiger partial charge in [0.25, 0.3) is 5.91 Å². The Morgan fingerprint density at radius 1 is 1.00 bits per heavy atom. The molecule has 214 valence electrons. The highest BCUT2D eigenvalue weighted by Gasteiger charge is 2.39. The molecule has 1 unspecified atom stereocenters. The summed E-state index contributed by atoms with van der Waals surface area (Å²) in [6, 6.07) is 24.3. The van der Waals surface area contributed by atoms with Crippen LogP contribution in [0.25, 0.3) is 5.57 Å². The fraction of sp³-hybridized carbons (Fsp3) is 0.353. The zero-order valence-corrected chi connectivity index (χ0v) is 24.8. The van der Waals surface area contributed by atoms with E-state index < -0.39 is 0 Å². The van der Waals surface area contributed by atoms with Crippen LogP contribution < -0.4 is 10.1 Å². The first-order valence-electron chi connectivity index (χ1n) is 14.3. The van der Waals surface area contributed by atoms with E-state index in [1.807, 2.05) is 60.2 Å². The Balaban J connectivity index is 1.39. The minimum atomic E-state index is -0.205. The van der Waals surface area contributed by atoms with Crippen molar-refractivity contribution in [2.75, 3.05) is 33.3 Å². The molecule has 0 spiro atoms. The number of carbonyl (C=O) groups excluding carboxylic acids is 2. The molecule has 1 saturated heterocycles. The molecular formula is C34H38ClN3O3. The summed E-state index contributed by atoms with van der Waals surface area (Å²) in [4.78, 5) is 30.0. The molecule has 0 aliphatic carbocycles. The number of aryl methyl sites for hydroxylation is 1. The number of piperazine rings is 1. The number of nitrogens with one attached hydrogen (secondary N) is 1. The maximum Gasteiger partial charge on any atom is 0.251 e. The second kappa shape index (κ2) is 12.9. The Bertz CT molecular complexity index is 1440. The highest BCUT2D eigenvalue weighted by molar-refractivity contribution is 6.32. The molecule has 0 saturated carbocycles. The highest BCUT2D eigenvalue weighted by atomic mass is 35.5. The van der Waals surface area contributed by atoms with Gasteiger partial charge in [-0.1, -0.05) is 72.3 Å². The summed E-state index contributed by atoms with van der Waals surface area (Å²) >= 11 is 6.31. The predicted octanol–water partition coefficient (Wildman–Crippen LogP) is 5.32. The van der Waals surface area contributed by atoms with E-state index >= 15 is 0 Å². The number of benzene rings is 3. The van der Waals surface area contributed by atoms with Gasteiger partial charge < -0.3 is 19.9 Å². The smallest absolute Gasteiger partial charge is 0.251 e. The molecule has 2 heterocycles. The summed E-state index contributed by atoms with van der Waals surface area (Å²) in [5, 5.41) is 4.25. The molecule has 2 aliphatic heterocycles. The summed E-state index contributed by atoms with van der Waals surface area (Å²) in [6.45, 7) is 5.88. The molecule has 1 N–H and O–H groups in total. The maximum atomic E-state index is 14.0. The molecule has 2 amide bonds. The highest BCUT2D eigenvalue weighted by Crippen LogP contribution is 2.34. The number of rotatable bonds is 9. The lowest BCUT2D eigenvalue weighted by atomic mass is 9.82. The van der Waals surface area contributed by atoms with Crippen molar-refractivity contribution in [2.45, 2.75) is 45.2 Å². The fourth-order valence-corrected chi connectivity index (χ4v) is 5.96. The lowest BCUT2D eigenvalue weighted by Crippen LogP contribution is -2.61. The van der Waals surface area contributed by atoms with E-state index in [1.165, 1.54) is 5.56 Å². The zero-order valence-electron chi connectivity index (χ0n) is 24.0. The van der Waals surface area contributed by atoms with Gasteiger partial charge in [0.2, 0.25) is 5.91 Å². The minimum Gasteiger partial charge on any atom is -0.492 e. The molecule has 6 nitrogen and oxygen atoms in total. The molecule has 2 aliphatic rings. The quantitative estimate of drug-likeness (QED) is 0.378. The number of halogens is 1. The fourth-order valence-electron chi connectivity index (χ4n) is 5.79. The van der Waals surface area contributed by atoms with E-state index in [2.05, 4.69) is 41.7 Å². The Morgan fingerprint density at radius 2 is 1.78 bits per heavy atom. The van der Waals surface area contributed by atoms with Crippen molar-refractivity contribution in [3.8, 4) is 5.75 Å². The minimum absolute atomic E-state index is 0.0140. The van der Waals surface area contributed by atoms with Crippen molar-refractivity contribution in [2.24, 2.45) is 0 Å². The van der Waals surface area contributed by atoms with Crippen molar-refractivity contribution in [3.63, 3.8) is 0 Å². The summed E-state index contributed by atoms with van der Waals surface area (Å²) in [7, 11) is 1.87. The van der Waals surface area contributed by atoms with Crippen LogP contribution in [-0.4, -0.2) is 67.0 Å². The molecule has 0 radical (unpaired) electrons. The summed E-state index contributed by atoms with van der Waals surface area (Å²) in [5.41, 5.74) is 6.33. The molecule has 2 bridgehead atoms. The average Bonchev–Trinajstić information content (AvgIpc) is 2.97. The Morgan fingerprint density at radius 3 is 2.56 bits per heavy atom. The average molecular weight is 572 g/mol. The van der Waals surface area contributed by atoms with Crippen LogP contribution in [0, 0.1) is 6.92 Å². The SMILES string of the molecule is CC(=O)N1CC2CC(c3cccc(CCOc4cc(C)ccc4Cl)c3)=C(C(=O)N(C)CCc3ccccc3)[C@@H](C1)N2. The first-order valence-corrected chi connectivity index (χ1v) is 14.7. The van der Waals surface area contributed by atoms with Crippen LogP contribution in [0.1, 0.15) is 35.6 Å². The first-order chi connectivity index (χ1) is 19.8. The molecule has 3 aromatic carbocycles. The molecule has 41 heavy (non-hydrogen) atoms. The predicted molar refractivity (Wildman–Crippen MR) is 164 cm³/mol. The van der Waals surface area contributed by atoms with Gasteiger partial charge >= 0.3 is 0 Å². The largest absolute Gasteiger partial charge is 0.492 e. The number of ether oxygens (including phenoxy) is 1. The Hall–Kier alpha value is -3.61. The van der Waals surface area contributed by atoms with E-state index in [1.54, 1.807) is 6.92 Å². The van der Waals surface area contributed by atoms with Crippen molar-refractivity contribution in [1.82, 2.24) is 15.1 Å². The molecule has 7 heteroatoms. The second-order valence-electron chi connectivity index (χ2n) is 11.1. The molecule has 2 atom stereocenters. The van der Waals surface area contributed by atoms with Gasteiger partial charge in [-0.05, 0) is 59.7 Å². The topological polar surface area (TPSA) is 61.9 Å². The lowest BCUT2D eigenvalue weighted by molar-refractivity contribution is -0.132. The van der Waals surface area contributed by atoms with E-state index in [0.717, 1.165) is 40.7 Å². The van der Waals surface area contributed by atoms with Crippen molar-refractivity contribution in [1.29, 1.82) is 0 Å². The van der Waals surface area contributed by atoms with Crippen molar-refractivity contribution >= 4 is 29.0 Å². The van der Waals surface area contributed by atoms with Gasteiger partial charge in [0.1, 0.15) is 5.75 Å². The van der Waals surface area contributed by atoms with Gasteiger partial charge in [0.05, 0.1) is 17.7 Å². The molecule has 3 aromatic rings. The van der Waals surface area contributed by atoms with Crippen LogP contribution in [0.15, 0.2) is 78.4 Å². The third-order valence-electron chi connectivity index (χ3n) is 8.02. The van der Waals surface area contributed by atoms with E-state index in [9.17, 15) is 9.59 Å². The van der Waals surface area contributed by atoms with Gasteiger partial charge in [0, 0.05) is 51.6 Å². The van der Waals surface area contributed by atoms with E-state index in [-0.39, 0.29) is 23.9 Å². The van der Waals surface area contributed by atoms with Crippen molar-refractivity contribution in [3.05, 3.63) is 106 Å². The van der Waals surface area contributed by atoms with Gasteiger partial charge in [-0.2, -0.15) is 0 Å². The van der Waals surface area contributed by atoms with Crippen LogP contribution in [0.2, 0.25) is 5.02 Å². The van der Waals surface area contributed by atoms with Crippen LogP contribution >= 0.6 is 11.6 Å². The monoisotopic (exact) mass is 571 g/mol. The van der Waals surface area contributed by atoms with Gasteiger partial charge in [-0.15, -0.1) is 0 Å². The Labute approximate surface area is 247 Å². The standard InChI is InChI=1S/C34H38ClN3O3/c1-23-12-13-30(35)32(18-23)41-17-15-26-10-7-11-27(19-26)29-20-28-21-38(24(2)39)22-31(36-28)33(29)34(40)37(3)16-14-25-8-5-4-6-9-25/h4-13,18-19,28,31,36H,14-17,20-22H2,1-3H3/t28?,31-/m1/s1. The molecule has 0 aromatic heterocycles. The molecular weight excluding hydrogens is 534 g/mol. The van der Waals surface area contributed by atoms with Crippen LogP contribution in [-0.2, 0) is 22.4 Å². The van der Waals surface area contributed by atoms with Gasteiger partial charge in [0.15, 0.2) is 0 Å². The summed E-state index contributed by atoms with van der Waals surface area (Å²) < 4.78 is 6.00. The number of carbonyl (C=O) groups is 2. The summed E-state index contributed by atoms with van der Waals surface area (Å²) in [5.74, 6) is 0.753. The maximum absolute atomic E-state index is 14.0. The number of hydrogen-bond acceptors (Lipinski definition) is 4.